The van der Waals surface area contributed by atoms with Crippen molar-refractivity contribution >= 4 is 27.3 Å². The summed E-state index contributed by atoms with van der Waals surface area (Å²) in [5.41, 5.74) is 1.38. The molecular formula is C25H26N2O5S. The number of sulfonamides is 1. The van der Waals surface area contributed by atoms with Gasteiger partial charge in [-0.3, -0.25) is 9.10 Å². The molecule has 33 heavy (non-hydrogen) atoms. The molecule has 0 aliphatic carbocycles. The molecule has 7 nitrogen and oxygen atoms in total. The molecule has 3 aromatic rings. The minimum absolute atomic E-state index is 0.0875. The largest absolute Gasteiger partial charge is 0.491 e. The molecule has 1 atom stereocenters. The first-order valence-electron chi connectivity index (χ1n) is 10.7. The molecule has 1 aliphatic rings. The van der Waals surface area contributed by atoms with Crippen molar-refractivity contribution in [3.8, 4) is 5.75 Å². The average molecular weight is 467 g/mol. The second-order valence-electron chi connectivity index (χ2n) is 7.76. The van der Waals surface area contributed by atoms with Gasteiger partial charge >= 0.3 is 0 Å². The monoisotopic (exact) mass is 466 g/mol. The summed E-state index contributed by atoms with van der Waals surface area (Å²) in [5, 5.41) is 2.76. The van der Waals surface area contributed by atoms with Gasteiger partial charge in [0.25, 0.3) is 15.9 Å². The Hall–Kier alpha value is -3.36. The number of para-hydroxylation sites is 1. The molecule has 1 saturated heterocycles. The minimum atomic E-state index is -3.78. The number of amides is 1. The zero-order valence-electron chi connectivity index (χ0n) is 18.3. The van der Waals surface area contributed by atoms with Crippen LogP contribution >= 0.6 is 0 Å². The molecule has 1 aliphatic heterocycles. The van der Waals surface area contributed by atoms with Gasteiger partial charge in [-0.25, -0.2) is 8.42 Å². The first kappa shape index (κ1) is 22.8. The van der Waals surface area contributed by atoms with Crippen LogP contribution < -0.4 is 14.4 Å². The Bertz CT molecular complexity index is 1190. The fraction of sp³-hybridized carbons (Fsp3) is 0.240. The first-order valence-corrected chi connectivity index (χ1v) is 12.2. The summed E-state index contributed by atoms with van der Waals surface area (Å²) >= 11 is 0. The number of rotatable bonds is 8. The van der Waals surface area contributed by atoms with E-state index in [1.807, 2.05) is 6.07 Å². The SMILES string of the molecule is CN(c1ccccc1)S(=O)(=O)c1cccc(NC(=O)c2ccc(OC[C@@H]3CCCO3)cc2)c1. The van der Waals surface area contributed by atoms with E-state index in [1.165, 1.54) is 23.5 Å². The Morgan fingerprint density at radius 3 is 2.52 bits per heavy atom. The standard InChI is InChI=1S/C25H26N2O5S/c1-27(21-8-3-2-4-9-21)33(29,30)24-11-5-7-20(17-24)26-25(28)19-12-14-22(15-13-19)32-18-23-10-6-16-31-23/h2-5,7-9,11-15,17,23H,6,10,16,18H2,1H3,(H,26,28)/t23-/m0/s1. The normalized spacial score (nSPS) is 15.7. The van der Waals surface area contributed by atoms with Gasteiger partial charge in [0.05, 0.1) is 16.7 Å². The zero-order chi connectivity index (χ0) is 23.3. The molecule has 0 aromatic heterocycles. The van der Waals surface area contributed by atoms with Crippen LogP contribution in [0.4, 0.5) is 11.4 Å². The molecule has 8 heteroatoms. The highest BCUT2D eigenvalue weighted by Gasteiger charge is 2.22. The highest BCUT2D eigenvalue weighted by molar-refractivity contribution is 7.92. The van der Waals surface area contributed by atoms with Crippen LogP contribution in [0.1, 0.15) is 23.2 Å². The molecular weight excluding hydrogens is 440 g/mol. The van der Waals surface area contributed by atoms with Gasteiger partial charge in [0.15, 0.2) is 0 Å². The molecule has 0 saturated carbocycles. The fourth-order valence-corrected chi connectivity index (χ4v) is 4.78. The van der Waals surface area contributed by atoms with Gasteiger partial charge in [-0.05, 0) is 67.4 Å². The second-order valence-corrected chi connectivity index (χ2v) is 9.73. The van der Waals surface area contributed by atoms with Crippen LogP contribution in [0.2, 0.25) is 0 Å². The summed E-state index contributed by atoms with van der Waals surface area (Å²) < 4.78 is 38.5. The van der Waals surface area contributed by atoms with Gasteiger partial charge in [-0.2, -0.15) is 0 Å². The molecule has 3 aromatic carbocycles. The van der Waals surface area contributed by atoms with Gasteiger partial charge in [-0.15, -0.1) is 0 Å². The van der Waals surface area contributed by atoms with E-state index < -0.39 is 10.0 Å². The Labute approximate surface area is 194 Å². The van der Waals surface area contributed by atoms with Crippen LogP contribution in [-0.4, -0.2) is 40.7 Å². The molecule has 0 bridgehead atoms. The van der Waals surface area contributed by atoms with Crippen LogP contribution in [0.15, 0.2) is 83.8 Å². The van der Waals surface area contributed by atoms with Crippen LogP contribution in [0.3, 0.4) is 0 Å². The number of nitrogens with zero attached hydrogens (tertiary/aromatic N) is 1. The molecule has 0 unspecified atom stereocenters. The van der Waals surface area contributed by atoms with Crippen LogP contribution in [0, 0.1) is 0 Å². The highest BCUT2D eigenvalue weighted by atomic mass is 32.2. The van der Waals surface area contributed by atoms with E-state index >= 15 is 0 Å². The summed E-state index contributed by atoms with van der Waals surface area (Å²) in [6.07, 6.45) is 2.17. The van der Waals surface area contributed by atoms with Crippen molar-refractivity contribution < 1.29 is 22.7 Å². The zero-order valence-corrected chi connectivity index (χ0v) is 19.1. The Balaban J connectivity index is 1.42. The third kappa shape index (κ3) is 5.53. The molecule has 172 valence electrons. The van der Waals surface area contributed by atoms with Crippen molar-refractivity contribution in [2.45, 2.75) is 23.8 Å². The number of benzene rings is 3. The molecule has 4 rings (SSSR count). The second kappa shape index (κ2) is 10.1. The topological polar surface area (TPSA) is 84.9 Å². The van der Waals surface area contributed by atoms with Crippen molar-refractivity contribution in [2.24, 2.45) is 0 Å². The smallest absolute Gasteiger partial charge is 0.264 e. The lowest BCUT2D eigenvalue weighted by atomic mass is 10.2. The number of anilines is 2. The molecule has 1 N–H and O–H groups in total. The van der Waals surface area contributed by atoms with E-state index in [0.29, 0.717) is 29.3 Å². The van der Waals surface area contributed by atoms with Crippen LogP contribution in [-0.2, 0) is 14.8 Å². The third-order valence-electron chi connectivity index (χ3n) is 5.45. The highest BCUT2D eigenvalue weighted by Crippen LogP contribution is 2.24. The van der Waals surface area contributed by atoms with Crippen molar-refractivity contribution in [1.29, 1.82) is 0 Å². The van der Waals surface area contributed by atoms with Gasteiger partial charge in [-0.1, -0.05) is 24.3 Å². The number of hydrogen-bond acceptors (Lipinski definition) is 5. The fourth-order valence-electron chi connectivity index (χ4n) is 3.54. The van der Waals surface area contributed by atoms with Gasteiger partial charge in [0.2, 0.25) is 0 Å². The molecule has 1 fully saturated rings. The Morgan fingerprint density at radius 2 is 1.82 bits per heavy atom. The van der Waals surface area contributed by atoms with Crippen LogP contribution in [0.5, 0.6) is 5.75 Å². The van der Waals surface area contributed by atoms with Crippen molar-refractivity contribution in [1.82, 2.24) is 0 Å². The van der Waals surface area contributed by atoms with E-state index in [0.717, 1.165) is 19.4 Å². The summed E-state index contributed by atoms with van der Waals surface area (Å²) in [7, 11) is -2.28. The van der Waals surface area contributed by atoms with E-state index in [2.05, 4.69) is 5.32 Å². The maximum absolute atomic E-state index is 13.0. The Morgan fingerprint density at radius 1 is 1.06 bits per heavy atom. The maximum Gasteiger partial charge on any atom is 0.264 e. The summed E-state index contributed by atoms with van der Waals surface area (Å²) in [4.78, 5) is 12.8. The Kier molecular flexibility index (Phi) is 6.96. The van der Waals surface area contributed by atoms with Gasteiger partial charge < -0.3 is 14.8 Å². The summed E-state index contributed by atoms with van der Waals surface area (Å²) in [5.74, 6) is 0.325. The van der Waals surface area contributed by atoms with Crippen molar-refractivity contribution in [3.63, 3.8) is 0 Å². The van der Waals surface area contributed by atoms with E-state index in [1.54, 1.807) is 60.7 Å². The summed E-state index contributed by atoms with van der Waals surface area (Å²) in [6.45, 7) is 1.27. The van der Waals surface area contributed by atoms with Crippen molar-refractivity contribution in [2.75, 3.05) is 29.9 Å². The molecule has 1 amide bonds. The van der Waals surface area contributed by atoms with Gasteiger partial charge in [0.1, 0.15) is 12.4 Å². The first-order chi connectivity index (χ1) is 15.9. The lowest BCUT2D eigenvalue weighted by Gasteiger charge is -2.20. The molecule has 0 spiro atoms. The quantitative estimate of drug-likeness (QED) is 0.534. The van der Waals surface area contributed by atoms with Gasteiger partial charge in [0, 0.05) is 24.9 Å². The minimum Gasteiger partial charge on any atom is -0.491 e. The lowest BCUT2D eigenvalue weighted by Crippen LogP contribution is -2.26. The summed E-state index contributed by atoms with van der Waals surface area (Å²) in [6, 6.07) is 21.8. The van der Waals surface area contributed by atoms with Crippen molar-refractivity contribution in [3.05, 3.63) is 84.4 Å². The van der Waals surface area contributed by atoms with E-state index in [-0.39, 0.29) is 16.9 Å². The maximum atomic E-state index is 13.0. The predicted octanol–water partition coefficient (Wildman–Crippen LogP) is 4.32. The number of carbonyl (C=O) groups excluding carboxylic acids is 1. The number of ether oxygens (including phenoxy) is 2. The average Bonchev–Trinajstić information content (AvgIpc) is 3.37. The molecule has 0 radical (unpaired) electrons. The predicted molar refractivity (Wildman–Crippen MR) is 127 cm³/mol. The van der Waals surface area contributed by atoms with E-state index in [4.69, 9.17) is 9.47 Å². The van der Waals surface area contributed by atoms with E-state index in [9.17, 15) is 13.2 Å². The van der Waals surface area contributed by atoms with Crippen LogP contribution in [0.25, 0.3) is 0 Å². The third-order valence-corrected chi connectivity index (χ3v) is 7.23. The number of nitrogens with one attached hydrogen (secondary N) is 1. The lowest BCUT2D eigenvalue weighted by molar-refractivity contribution is 0.0679. The number of hydrogen-bond donors (Lipinski definition) is 1. The number of carbonyl (C=O) groups is 1. The molecule has 1 heterocycles.